The number of rotatable bonds is 9. The molecule has 10 nitrogen and oxygen atoms in total. The van der Waals surface area contributed by atoms with E-state index in [-0.39, 0.29) is 11.8 Å². The number of hydrogen-bond donors (Lipinski definition) is 2. The van der Waals surface area contributed by atoms with Crippen molar-refractivity contribution in [2.45, 2.75) is 68.8 Å². The third kappa shape index (κ3) is 5.09. The van der Waals surface area contributed by atoms with Crippen molar-refractivity contribution in [3.8, 4) is 0 Å². The normalized spacial score (nSPS) is 39.9. The summed E-state index contributed by atoms with van der Waals surface area (Å²) in [7, 11) is 0. The van der Waals surface area contributed by atoms with E-state index in [9.17, 15) is 10.1 Å². The zero-order valence-corrected chi connectivity index (χ0v) is 17.7. The molecule has 162 valence electrons. The molecule has 1 saturated heterocycles. The van der Waals surface area contributed by atoms with E-state index < -0.39 is 64.7 Å². The Morgan fingerprint density at radius 3 is 2.90 bits per heavy atom. The lowest BCUT2D eigenvalue weighted by molar-refractivity contribution is -0.384. The Kier molecular flexibility index (Phi) is 5.58. The Hall–Kier alpha value is -1.24. The Bertz CT molecular complexity index is 938. The molecule has 3 rings (SSSR count). The summed E-state index contributed by atoms with van der Waals surface area (Å²) in [6.07, 6.45) is -7.42. The van der Waals surface area contributed by atoms with Crippen LogP contribution in [-0.2, 0) is 14.2 Å². The van der Waals surface area contributed by atoms with E-state index in [1.54, 1.807) is 0 Å². The first-order valence-electron chi connectivity index (χ1n) is 11.0. The topological polar surface area (TPSA) is 129 Å². The average molecular weight is 453 g/mol. The van der Waals surface area contributed by atoms with Crippen molar-refractivity contribution >= 4 is 34.9 Å². The number of hydrogen-bond acceptors (Lipinski definition) is 10. The van der Waals surface area contributed by atoms with Crippen molar-refractivity contribution in [2.24, 2.45) is 0 Å². The maximum atomic E-state index is 11.7. The number of nitrogens with one attached hydrogen (secondary N) is 1. The molecule has 1 unspecified atom stereocenters. The summed E-state index contributed by atoms with van der Waals surface area (Å²) in [5.74, 6) is -1.40. The number of aliphatic hydroxyl groups is 1. The smallest absolute Gasteiger partial charge is 0.348 e. The summed E-state index contributed by atoms with van der Waals surface area (Å²) in [5, 5.41) is 23.0. The van der Waals surface area contributed by atoms with Crippen LogP contribution in [0.1, 0.15) is 39.1 Å². The second-order valence-corrected chi connectivity index (χ2v) is 8.04. The van der Waals surface area contributed by atoms with Gasteiger partial charge in [-0.15, -0.1) is 0 Å². The number of fused-ring (bicyclic) bond motifs is 1. The van der Waals surface area contributed by atoms with Gasteiger partial charge in [-0.3, -0.25) is 10.1 Å². The van der Waals surface area contributed by atoms with Crippen molar-refractivity contribution in [2.75, 3.05) is 24.3 Å². The Labute approximate surface area is 183 Å². The SMILES string of the molecule is [2H]C1[C@H](OCCO)[C@@]2([2H])OC(C)(C)O[C@@]2([2H])[C@]1([2H])Nc1nc(SCCC)nc(Cl)c1[N+](=O)[O-]. The van der Waals surface area contributed by atoms with E-state index in [2.05, 4.69) is 15.3 Å². The molecule has 0 radical (unpaired) electrons. The number of halogens is 1. The molecule has 0 spiro atoms. The van der Waals surface area contributed by atoms with Crippen LogP contribution in [0.5, 0.6) is 0 Å². The number of aliphatic hydroxyl groups excluding tert-OH is 1. The molecule has 12 heteroatoms. The van der Waals surface area contributed by atoms with Gasteiger partial charge in [-0.05, 0) is 26.7 Å². The van der Waals surface area contributed by atoms with Crippen LogP contribution in [0.25, 0.3) is 0 Å². The summed E-state index contributed by atoms with van der Waals surface area (Å²) in [6.45, 7) is 4.07. The average Bonchev–Trinajstić information content (AvgIpc) is 2.95. The second kappa shape index (κ2) is 9.27. The van der Waals surface area contributed by atoms with Crippen LogP contribution in [0.3, 0.4) is 0 Å². The lowest BCUT2D eigenvalue weighted by Crippen LogP contribution is -2.35. The molecule has 2 heterocycles. The van der Waals surface area contributed by atoms with Gasteiger partial charge in [0.05, 0.1) is 34.4 Å². The van der Waals surface area contributed by atoms with E-state index in [4.69, 9.17) is 36.4 Å². The molecule has 1 saturated carbocycles. The Balaban J connectivity index is 2.13. The van der Waals surface area contributed by atoms with Gasteiger partial charge in [0.1, 0.15) is 12.2 Å². The predicted molar refractivity (Wildman–Crippen MR) is 107 cm³/mol. The maximum absolute atomic E-state index is 11.7. The third-order valence-electron chi connectivity index (χ3n) is 3.83. The van der Waals surface area contributed by atoms with Crippen molar-refractivity contribution in [1.29, 1.82) is 0 Å². The minimum atomic E-state index is -2.59. The number of anilines is 1. The number of aromatic nitrogens is 2. The lowest BCUT2D eigenvalue weighted by atomic mass is 10.2. The van der Waals surface area contributed by atoms with Crippen molar-refractivity contribution in [1.82, 2.24) is 9.97 Å². The van der Waals surface area contributed by atoms with Crippen LogP contribution >= 0.6 is 23.4 Å². The van der Waals surface area contributed by atoms with Crippen LogP contribution in [0.15, 0.2) is 5.16 Å². The molecule has 29 heavy (non-hydrogen) atoms. The Morgan fingerprint density at radius 1 is 1.52 bits per heavy atom. The highest BCUT2D eigenvalue weighted by atomic mass is 35.5. The van der Waals surface area contributed by atoms with Crippen LogP contribution in [-0.4, -0.2) is 69.0 Å². The predicted octanol–water partition coefficient (Wildman–Crippen LogP) is 2.62. The summed E-state index contributed by atoms with van der Waals surface area (Å²) in [4.78, 5) is 18.9. The molecule has 1 aromatic rings. The molecular weight excluding hydrogens is 424 g/mol. The van der Waals surface area contributed by atoms with E-state index in [1.165, 1.54) is 25.6 Å². The monoisotopic (exact) mass is 452 g/mol. The fourth-order valence-electron chi connectivity index (χ4n) is 2.75. The number of ether oxygens (including phenoxy) is 3. The molecule has 1 aliphatic carbocycles. The standard InChI is InChI=1S/C17H25ClN4O6S/c1-4-7-29-16-20-14(18)11(22(24)25)15(21-16)19-9-8-10(26-6-5-23)13-12(9)27-17(2,3)28-13/h9-10,12-13,23H,4-8H2,1-3H3,(H,19,20,21)/t9-,10+,12+,13-/m1/s1/i8D,9D,12D,13D/t8?,9-,10+,12+,13-. The summed E-state index contributed by atoms with van der Waals surface area (Å²) >= 11 is 7.23. The highest BCUT2D eigenvalue weighted by Gasteiger charge is 2.55. The second-order valence-electron chi connectivity index (χ2n) is 6.62. The molecule has 0 bridgehead atoms. The van der Waals surface area contributed by atoms with Crippen LogP contribution in [0.4, 0.5) is 11.5 Å². The molecule has 0 aromatic carbocycles. The zero-order valence-electron chi connectivity index (χ0n) is 20.1. The van der Waals surface area contributed by atoms with Gasteiger partial charge in [-0.25, -0.2) is 4.98 Å². The fourth-order valence-corrected chi connectivity index (χ4v) is 3.74. The zero-order chi connectivity index (χ0) is 24.8. The van der Waals surface area contributed by atoms with Gasteiger partial charge in [0.15, 0.2) is 10.9 Å². The minimum Gasteiger partial charge on any atom is -0.394 e. The molecule has 2 fully saturated rings. The number of nitro groups is 1. The summed E-state index contributed by atoms with van der Waals surface area (Å²) in [5.41, 5.74) is -0.742. The quantitative estimate of drug-likeness (QED) is 0.189. The van der Waals surface area contributed by atoms with Crippen LogP contribution < -0.4 is 5.32 Å². The van der Waals surface area contributed by atoms with Gasteiger partial charge < -0.3 is 24.6 Å². The van der Waals surface area contributed by atoms with E-state index >= 15 is 0 Å². The lowest BCUT2D eigenvalue weighted by Gasteiger charge is -2.24. The van der Waals surface area contributed by atoms with E-state index in [0.29, 0.717) is 5.75 Å². The first-order valence-corrected chi connectivity index (χ1v) is 10.3. The van der Waals surface area contributed by atoms with E-state index in [0.717, 1.165) is 6.42 Å². The molecule has 1 aromatic heterocycles. The first kappa shape index (κ1) is 17.4. The summed E-state index contributed by atoms with van der Waals surface area (Å²) in [6, 6.07) is -2.53. The minimum absolute atomic E-state index is 0.103. The molecule has 5 atom stereocenters. The van der Waals surface area contributed by atoms with Crippen molar-refractivity contribution in [3.05, 3.63) is 15.3 Å². The van der Waals surface area contributed by atoms with Crippen LogP contribution in [0, 0.1) is 10.1 Å². The van der Waals surface area contributed by atoms with Crippen molar-refractivity contribution in [3.63, 3.8) is 0 Å². The van der Waals surface area contributed by atoms with Gasteiger partial charge in [-0.2, -0.15) is 4.98 Å². The fraction of sp³-hybridized carbons (Fsp3) is 0.765. The molecular formula is C17H25ClN4O6S. The van der Waals surface area contributed by atoms with Gasteiger partial charge in [-0.1, -0.05) is 30.3 Å². The van der Waals surface area contributed by atoms with Crippen LogP contribution in [0.2, 0.25) is 5.15 Å². The van der Waals surface area contributed by atoms with Gasteiger partial charge in [0.25, 0.3) is 0 Å². The highest BCUT2D eigenvalue weighted by molar-refractivity contribution is 7.99. The number of nitrogens with zero attached hydrogens (tertiary/aromatic N) is 3. The van der Waals surface area contributed by atoms with Crippen molar-refractivity contribution < 1.29 is 29.7 Å². The Morgan fingerprint density at radius 2 is 2.24 bits per heavy atom. The molecule has 2 aliphatic rings. The summed E-state index contributed by atoms with van der Waals surface area (Å²) < 4.78 is 52.2. The molecule has 2 N–H and O–H groups in total. The highest BCUT2D eigenvalue weighted by Crippen LogP contribution is 2.42. The van der Waals surface area contributed by atoms with E-state index in [1.807, 2.05) is 6.92 Å². The van der Waals surface area contributed by atoms with Gasteiger partial charge in [0.2, 0.25) is 11.0 Å². The molecule has 1 aliphatic heterocycles. The first-order chi connectivity index (χ1) is 15.3. The molecule has 0 amide bonds. The third-order valence-corrected chi connectivity index (χ3v) is 5.15. The largest absolute Gasteiger partial charge is 0.394 e. The number of thioether (sulfide) groups is 1. The van der Waals surface area contributed by atoms with Gasteiger partial charge in [0, 0.05) is 7.12 Å². The van der Waals surface area contributed by atoms with Gasteiger partial charge >= 0.3 is 5.69 Å². The maximum Gasteiger partial charge on any atom is 0.348 e.